The number of rotatable bonds is 4. The first-order valence-corrected chi connectivity index (χ1v) is 12.0. The van der Waals surface area contributed by atoms with E-state index in [0.29, 0.717) is 44.6 Å². The molecule has 0 saturated heterocycles. The van der Waals surface area contributed by atoms with Crippen LogP contribution < -0.4 is 5.32 Å². The lowest BCUT2D eigenvalue weighted by molar-refractivity contribution is -0.151. The molecule has 33 heavy (non-hydrogen) atoms. The van der Waals surface area contributed by atoms with Crippen molar-refractivity contribution in [3.63, 3.8) is 0 Å². The van der Waals surface area contributed by atoms with Crippen LogP contribution in [0.25, 0.3) is 0 Å². The first-order chi connectivity index (χ1) is 15.7. The van der Waals surface area contributed by atoms with Crippen molar-refractivity contribution in [2.24, 2.45) is 11.8 Å². The van der Waals surface area contributed by atoms with Crippen LogP contribution in [0.2, 0.25) is 10.0 Å². The van der Waals surface area contributed by atoms with Crippen molar-refractivity contribution >= 4 is 40.9 Å². The molecule has 1 heterocycles. The number of esters is 2. The number of ketones is 1. The van der Waals surface area contributed by atoms with Crippen LogP contribution in [0.1, 0.15) is 57.4 Å². The van der Waals surface area contributed by atoms with Gasteiger partial charge >= 0.3 is 11.9 Å². The molecule has 6 nitrogen and oxygen atoms in total. The highest BCUT2D eigenvalue weighted by Gasteiger charge is 2.47. The zero-order valence-electron chi connectivity index (χ0n) is 18.9. The van der Waals surface area contributed by atoms with Gasteiger partial charge in [0.2, 0.25) is 0 Å². The number of hydrogen-bond acceptors (Lipinski definition) is 6. The van der Waals surface area contributed by atoms with E-state index in [9.17, 15) is 14.4 Å². The molecule has 0 aromatic heterocycles. The molecule has 1 aliphatic heterocycles. The monoisotopic (exact) mass is 491 g/mol. The van der Waals surface area contributed by atoms with Gasteiger partial charge in [0.1, 0.15) is 12.0 Å². The van der Waals surface area contributed by atoms with E-state index in [4.69, 9.17) is 32.7 Å². The Morgan fingerprint density at radius 1 is 1.12 bits per heavy atom. The van der Waals surface area contributed by atoms with E-state index in [1.807, 2.05) is 6.92 Å². The number of halogens is 2. The molecular formula is C25H27Cl2NO5. The fourth-order valence-corrected chi connectivity index (χ4v) is 5.50. The van der Waals surface area contributed by atoms with Crippen LogP contribution in [-0.2, 0) is 23.9 Å². The predicted molar refractivity (Wildman–Crippen MR) is 125 cm³/mol. The topological polar surface area (TPSA) is 81.7 Å². The van der Waals surface area contributed by atoms with Crippen molar-refractivity contribution in [1.29, 1.82) is 0 Å². The van der Waals surface area contributed by atoms with Gasteiger partial charge in [0.15, 0.2) is 5.78 Å². The van der Waals surface area contributed by atoms with Crippen LogP contribution in [0.5, 0.6) is 0 Å². The zero-order valence-corrected chi connectivity index (χ0v) is 20.4. The summed E-state index contributed by atoms with van der Waals surface area (Å²) in [5, 5.41) is 3.95. The second kappa shape index (κ2) is 9.51. The Bertz CT molecular complexity index is 1070. The maximum absolute atomic E-state index is 13.7. The number of allylic oxidation sites excluding steroid dienone is 3. The highest BCUT2D eigenvalue weighted by molar-refractivity contribution is 6.42. The first-order valence-electron chi connectivity index (χ1n) is 11.2. The summed E-state index contributed by atoms with van der Waals surface area (Å²) in [5.74, 6) is -3.30. The number of hydrogen-bond donors (Lipinski definition) is 1. The molecule has 8 heteroatoms. The Kier molecular flexibility index (Phi) is 6.87. The van der Waals surface area contributed by atoms with Gasteiger partial charge < -0.3 is 14.8 Å². The molecule has 1 saturated carbocycles. The van der Waals surface area contributed by atoms with Crippen LogP contribution in [-0.4, -0.2) is 30.9 Å². The minimum Gasteiger partial charge on any atom is -0.468 e. The molecule has 4 rings (SSSR count). The average molecular weight is 492 g/mol. The second-order valence-corrected chi connectivity index (χ2v) is 9.84. The van der Waals surface area contributed by atoms with E-state index < -0.39 is 23.8 Å². The predicted octanol–water partition coefficient (Wildman–Crippen LogP) is 5.09. The van der Waals surface area contributed by atoms with E-state index >= 15 is 0 Å². The Balaban J connectivity index is 1.82. The van der Waals surface area contributed by atoms with Crippen molar-refractivity contribution in [2.75, 3.05) is 7.11 Å². The summed E-state index contributed by atoms with van der Waals surface area (Å²) in [6.45, 7) is 3.66. The van der Waals surface area contributed by atoms with Gasteiger partial charge in [0.25, 0.3) is 0 Å². The number of nitrogens with one attached hydrogen (secondary N) is 1. The summed E-state index contributed by atoms with van der Waals surface area (Å²) in [4.78, 5) is 39.6. The summed E-state index contributed by atoms with van der Waals surface area (Å²) in [6, 6.07) is 5.06. The normalized spacial score (nSPS) is 25.6. The summed E-state index contributed by atoms with van der Waals surface area (Å²) in [6.07, 6.45) is 4.05. The average Bonchev–Trinajstić information content (AvgIpc) is 3.27. The lowest BCUT2D eigenvalue weighted by Crippen LogP contribution is -2.43. The Hall–Kier alpha value is -2.31. The van der Waals surface area contributed by atoms with Gasteiger partial charge in [-0.1, -0.05) is 36.2 Å². The molecule has 1 aromatic rings. The largest absolute Gasteiger partial charge is 0.468 e. The van der Waals surface area contributed by atoms with E-state index in [1.165, 1.54) is 7.11 Å². The Morgan fingerprint density at radius 2 is 1.82 bits per heavy atom. The fraction of sp³-hybridized carbons (Fsp3) is 0.480. The SMILES string of the molecule is COC(=O)[C@H]1C(=O)C2=C(C[C@H]1C)NC(C)=C(C(=O)OC1CCCC1)[C@@H]2c1ccc(Cl)c(Cl)c1. The molecule has 1 fully saturated rings. The maximum Gasteiger partial charge on any atom is 0.337 e. The molecule has 0 spiro atoms. The van der Waals surface area contributed by atoms with Crippen LogP contribution in [0, 0.1) is 11.8 Å². The van der Waals surface area contributed by atoms with Crippen LogP contribution in [0.3, 0.4) is 0 Å². The lowest BCUT2D eigenvalue weighted by atomic mass is 9.69. The molecular weight excluding hydrogens is 465 g/mol. The van der Waals surface area contributed by atoms with Crippen molar-refractivity contribution in [3.8, 4) is 0 Å². The standard InChI is InChI=1S/C25H27Cl2NO5/c1-12-10-18-22(23(29)19(12)24(30)32-3)21(14-8-9-16(26)17(27)11-14)20(13(2)28-18)25(31)33-15-6-4-5-7-15/h8-9,11-12,15,19,21,28H,4-7,10H2,1-3H3/t12-,19-,21+/m1/s1. The van der Waals surface area contributed by atoms with Gasteiger partial charge in [-0.2, -0.15) is 0 Å². The van der Waals surface area contributed by atoms with Gasteiger partial charge in [-0.05, 0) is 62.6 Å². The van der Waals surface area contributed by atoms with Crippen molar-refractivity contribution in [1.82, 2.24) is 5.32 Å². The van der Waals surface area contributed by atoms with Crippen LogP contribution in [0.4, 0.5) is 0 Å². The van der Waals surface area contributed by atoms with E-state index in [-0.39, 0.29) is 17.8 Å². The van der Waals surface area contributed by atoms with Gasteiger partial charge in [-0.3, -0.25) is 9.59 Å². The molecule has 1 aromatic carbocycles. The molecule has 1 N–H and O–H groups in total. The molecule has 3 atom stereocenters. The number of benzene rings is 1. The van der Waals surface area contributed by atoms with Crippen LogP contribution in [0.15, 0.2) is 40.7 Å². The maximum atomic E-state index is 13.7. The highest BCUT2D eigenvalue weighted by Crippen LogP contribution is 2.46. The number of methoxy groups -OCH3 is 1. The van der Waals surface area contributed by atoms with E-state index in [0.717, 1.165) is 25.7 Å². The van der Waals surface area contributed by atoms with Gasteiger partial charge in [-0.15, -0.1) is 0 Å². The zero-order chi connectivity index (χ0) is 23.9. The second-order valence-electron chi connectivity index (χ2n) is 9.02. The summed E-state index contributed by atoms with van der Waals surface area (Å²) in [7, 11) is 1.27. The molecule has 0 amide bonds. The van der Waals surface area contributed by atoms with Gasteiger partial charge in [0.05, 0.1) is 22.7 Å². The molecule has 3 aliphatic rings. The fourth-order valence-electron chi connectivity index (χ4n) is 5.20. The minimum absolute atomic E-state index is 0.132. The number of ether oxygens (including phenoxy) is 2. The highest BCUT2D eigenvalue weighted by atomic mass is 35.5. The summed E-state index contributed by atoms with van der Waals surface area (Å²) < 4.78 is 10.8. The quantitative estimate of drug-likeness (QED) is 0.466. The third kappa shape index (κ3) is 4.43. The molecule has 2 aliphatic carbocycles. The Morgan fingerprint density at radius 3 is 2.45 bits per heavy atom. The molecule has 0 unspecified atom stereocenters. The minimum atomic E-state index is -0.939. The molecule has 0 radical (unpaired) electrons. The molecule has 0 bridgehead atoms. The van der Waals surface area contributed by atoms with Crippen molar-refractivity contribution < 1.29 is 23.9 Å². The van der Waals surface area contributed by atoms with Crippen LogP contribution >= 0.6 is 23.2 Å². The van der Waals surface area contributed by atoms with Crippen molar-refractivity contribution in [2.45, 2.75) is 58.0 Å². The molecule has 176 valence electrons. The smallest absolute Gasteiger partial charge is 0.337 e. The van der Waals surface area contributed by atoms with Gasteiger partial charge in [-0.25, -0.2) is 4.79 Å². The lowest BCUT2D eigenvalue weighted by Gasteiger charge is -2.38. The van der Waals surface area contributed by atoms with E-state index in [1.54, 1.807) is 25.1 Å². The number of carbonyl (C=O) groups excluding carboxylic acids is 3. The Labute approximate surface area is 203 Å². The third-order valence-corrected chi connectivity index (χ3v) is 7.55. The summed E-state index contributed by atoms with van der Waals surface area (Å²) >= 11 is 12.5. The third-order valence-electron chi connectivity index (χ3n) is 6.82. The number of Topliss-reactive ketones (excluding diaryl/α,β-unsaturated/α-hetero) is 1. The number of dihydropyridines is 1. The summed E-state index contributed by atoms with van der Waals surface area (Å²) in [5.41, 5.74) is 2.71. The van der Waals surface area contributed by atoms with Crippen molar-refractivity contribution in [3.05, 3.63) is 56.3 Å². The van der Waals surface area contributed by atoms with Gasteiger partial charge in [0, 0.05) is 22.9 Å². The van der Waals surface area contributed by atoms with E-state index in [2.05, 4.69) is 5.32 Å². The number of carbonyl (C=O) groups is 3. The first kappa shape index (κ1) is 23.8.